The third kappa shape index (κ3) is 21.6. The van der Waals surface area contributed by atoms with Crippen LogP contribution in [-0.4, -0.2) is 165 Å². The number of hydrogen-bond acceptors (Lipinski definition) is 16. The second kappa shape index (κ2) is 29.1. The Kier molecular flexibility index (Phi) is 25.0. The summed E-state index contributed by atoms with van der Waals surface area (Å²) < 4.78 is 0. The predicted molar refractivity (Wildman–Crippen MR) is 234 cm³/mol. The Balaban J connectivity index is 3.34. The zero-order valence-electron chi connectivity index (χ0n) is 37.7. The first-order chi connectivity index (χ1) is 32.2. The van der Waals surface area contributed by atoms with E-state index in [9.17, 15) is 82.8 Å². The Morgan fingerprint density at radius 2 is 1.01 bits per heavy atom. The highest BCUT2D eigenvalue weighted by molar-refractivity contribution is 5.99. The van der Waals surface area contributed by atoms with Gasteiger partial charge >= 0.3 is 11.9 Å². The Morgan fingerprint density at radius 3 is 1.52 bits per heavy atom. The minimum absolute atomic E-state index is 0.170. The molecule has 1 rings (SSSR count). The summed E-state index contributed by atoms with van der Waals surface area (Å²) in [5, 5.41) is 56.2. The standard InChI is InChI=1S/C40H60N12O17/c1-4-17(2)31(51-39(67)32(18(3)54)52-36(64)23(14-30(59)60)47-33(61)20(41)11-26(42)55)38(66)49-22(12-27(43)56)35(63)48-21(10-19-8-6-5-7-9-19)34(62)45-15-29(58)46-25(16-53)37(65)50-24(40(68)69)13-28(44)57/h5-9,17-18,20-25,31-32,53-54H,4,10-16,41H2,1-3H3,(H2,42,55)(H2,43,56)(H2,44,57)(H,45,62)(H,46,58)(H,47,61)(H,48,63)(H,49,66)(H,50,65)(H,51,67)(H,52,64)(H,59,60)(H,68,69)/t17-,18+,20-,21-,22-,23-,24-,25-,31-,32-/m0/s1. The maximum absolute atomic E-state index is 13.9. The average molecular weight is 981 g/mol. The molecule has 29 nitrogen and oxygen atoms in total. The summed E-state index contributed by atoms with van der Waals surface area (Å²) in [7, 11) is 0. The number of aliphatic hydroxyl groups is 2. The van der Waals surface area contributed by atoms with Crippen LogP contribution in [0.2, 0.25) is 0 Å². The largest absolute Gasteiger partial charge is 0.481 e. The van der Waals surface area contributed by atoms with Crippen LogP contribution >= 0.6 is 0 Å². The SMILES string of the molecule is CC[C@H](C)[C@H](NC(=O)[C@@H](NC(=O)[C@H](CC(=O)O)NC(=O)[C@@H](N)CC(N)=O)[C@@H](C)O)C(=O)N[C@@H](CC(N)=O)C(=O)N[C@@H](Cc1ccccc1)C(=O)NCC(=O)N[C@@H](CO)C(=O)N[C@@H](CC(N)=O)C(=O)O. The molecular formula is C40H60N12O17. The van der Waals surface area contributed by atoms with Gasteiger partial charge in [0.15, 0.2) is 0 Å². The number of carbonyl (C=O) groups excluding carboxylic acids is 11. The summed E-state index contributed by atoms with van der Waals surface area (Å²) in [6.45, 7) is 2.20. The number of benzene rings is 1. The highest BCUT2D eigenvalue weighted by atomic mass is 16.4. The van der Waals surface area contributed by atoms with Gasteiger partial charge in [0.2, 0.25) is 65.0 Å². The molecule has 0 aliphatic heterocycles. The summed E-state index contributed by atoms with van der Waals surface area (Å²) in [6, 6.07) is -5.97. The van der Waals surface area contributed by atoms with Crippen molar-refractivity contribution in [1.29, 1.82) is 0 Å². The molecule has 10 atom stereocenters. The first-order valence-electron chi connectivity index (χ1n) is 21.0. The molecule has 0 aliphatic carbocycles. The van der Waals surface area contributed by atoms with Crippen molar-refractivity contribution in [3.8, 4) is 0 Å². The highest BCUT2D eigenvalue weighted by Gasteiger charge is 2.37. The van der Waals surface area contributed by atoms with Crippen molar-refractivity contribution >= 4 is 76.9 Å². The van der Waals surface area contributed by atoms with E-state index in [4.69, 9.17) is 22.9 Å². The topological polar surface area (TPSA) is 503 Å². The lowest BCUT2D eigenvalue weighted by Crippen LogP contribution is -2.62. The van der Waals surface area contributed by atoms with E-state index in [-0.39, 0.29) is 12.8 Å². The zero-order chi connectivity index (χ0) is 52.7. The number of rotatable bonds is 31. The fourth-order valence-electron chi connectivity index (χ4n) is 5.98. The summed E-state index contributed by atoms with van der Waals surface area (Å²) in [6.07, 6.45) is -5.23. The van der Waals surface area contributed by atoms with E-state index in [0.29, 0.717) is 5.56 Å². The normalized spacial score (nSPS) is 15.2. The summed E-state index contributed by atoms with van der Waals surface area (Å²) in [4.78, 5) is 163. The number of carboxylic acids is 2. The van der Waals surface area contributed by atoms with Crippen molar-refractivity contribution in [2.75, 3.05) is 13.2 Å². The van der Waals surface area contributed by atoms with E-state index in [1.54, 1.807) is 37.3 Å². The molecule has 1 aromatic rings. The molecule has 0 spiro atoms. The maximum Gasteiger partial charge on any atom is 0.326 e. The maximum atomic E-state index is 13.9. The van der Waals surface area contributed by atoms with Crippen molar-refractivity contribution in [2.45, 2.75) is 114 Å². The molecule has 0 fully saturated rings. The van der Waals surface area contributed by atoms with E-state index in [1.165, 1.54) is 6.92 Å². The molecule has 0 aromatic heterocycles. The monoisotopic (exact) mass is 980 g/mol. The van der Waals surface area contributed by atoms with Crippen LogP contribution in [0.15, 0.2) is 30.3 Å². The fraction of sp³-hybridized carbons (Fsp3) is 0.525. The lowest BCUT2D eigenvalue weighted by Gasteiger charge is -2.30. The van der Waals surface area contributed by atoms with Gasteiger partial charge in [0, 0.05) is 6.42 Å². The van der Waals surface area contributed by atoms with E-state index in [2.05, 4.69) is 31.9 Å². The van der Waals surface area contributed by atoms with Gasteiger partial charge in [0.25, 0.3) is 0 Å². The predicted octanol–water partition coefficient (Wildman–Crippen LogP) is -8.33. The van der Waals surface area contributed by atoms with E-state index in [0.717, 1.165) is 6.92 Å². The number of aliphatic carboxylic acids is 2. The van der Waals surface area contributed by atoms with Crippen LogP contribution in [0.25, 0.3) is 0 Å². The van der Waals surface area contributed by atoms with Gasteiger partial charge in [-0.25, -0.2) is 4.79 Å². The molecule has 20 N–H and O–H groups in total. The lowest BCUT2D eigenvalue weighted by atomic mass is 9.96. The minimum Gasteiger partial charge on any atom is -0.481 e. The third-order valence-corrected chi connectivity index (χ3v) is 9.86. The van der Waals surface area contributed by atoms with Crippen LogP contribution in [0.5, 0.6) is 0 Å². The number of primary amides is 3. The van der Waals surface area contributed by atoms with Gasteiger partial charge in [0.1, 0.15) is 42.3 Å². The molecule has 0 saturated heterocycles. The molecule has 0 saturated carbocycles. The molecule has 0 aliphatic rings. The number of nitrogens with two attached hydrogens (primary N) is 4. The first-order valence-corrected chi connectivity index (χ1v) is 21.0. The van der Waals surface area contributed by atoms with Crippen LogP contribution < -0.4 is 65.5 Å². The van der Waals surface area contributed by atoms with Crippen LogP contribution in [0, 0.1) is 5.92 Å². The van der Waals surface area contributed by atoms with E-state index < -0.39 is 176 Å². The molecule has 69 heavy (non-hydrogen) atoms. The smallest absolute Gasteiger partial charge is 0.326 e. The molecule has 0 unspecified atom stereocenters. The number of carboxylic acid groups (broad SMARTS) is 2. The van der Waals surface area contributed by atoms with E-state index >= 15 is 0 Å². The van der Waals surface area contributed by atoms with Gasteiger partial charge in [-0.05, 0) is 18.4 Å². The molecule has 0 heterocycles. The number of nitrogens with one attached hydrogen (secondary N) is 8. The molecule has 0 radical (unpaired) electrons. The van der Waals surface area contributed by atoms with Gasteiger partial charge in [0.05, 0.1) is 51.0 Å². The molecule has 29 heteroatoms. The second-order valence-electron chi connectivity index (χ2n) is 15.6. The van der Waals surface area contributed by atoms with Crippen molar-refractivity contribution in [1.82, 2.24) is 42.5 Å². The number of hydrogen-bond donors (Lipinski definition) is 16. The minimum atomic E-state index is -1.92. The van der Waals surface area contributed by atoms with Gasteiger partial charge in [-0.2, -0.15) is 0 Å². The molecule has 11 amide bonds. The van der Waals surface area contributed by atoms with Crippen molar-refractivity contribution in [3.63, 3.8) is 0 Å². The van der Waals surface area contributed by atoms with Crippen LogP contribution in [-0.2, 0) is 68.7 Å². The molecular weight excluding hydrogens is 921 g/mol. The van der Waals surface area contributed by atoms with Gasteiger partial charge in [-0.1, -0.05) is 50.6 Å². The summed E-state index contributed by atoms with van der Waals surface area (Å²) >= 11 is 0. The van der Waals surface area contributed by atoms with Gasteiger partial charge in [-0.15, -0.1) is 0 Å². The Morgan fingerprint density at radius 1 is 0.551 bits per heavy atom. The van der Waals surface area contributed by atoms with Crippen molar-refractivity contribution in [2.24, 2.45) is 28.9 Å². The van der Waals surface area contributed by atoms with Crippen molar-refractivity contribution < 1.29 is 82.8 Å². The Bertz CT molecular complexity index is 2060. The average Bonchev–Trinajstić information content (AvgIpc) is 3.26. The van der Waals surface area contributed by atoms with Crippen LogP contribution in [0.1, 0.15) is 58.4 Å². The summed E-state index contributed by atoms with van der Waals surface area (Å²) in [5.74, 6) is -16.5. The molecule has 1 aromatic carbocycles. The van der Waals surface area contributed by atoms with Crippen LogP contribution in [0.3, 0.4) is 0 Å². The summed E-state index contributed by atoms with van der Waals surface area (Å²) in [5.41, 5.74) is 21.5. The Hall–Kier alpha value is -7.79. The Labute approximate surface area is 393 Å². The quantitative estimate of drug-likeness (QED) is 0.0328. The number of amides is 11. The lowest BCUT2D eigenvalue weighted by molar-refractivity contribution is -0.144. The van der Waals surface area contributed by atoms with Gasteiger partial charge < -0.3 is 85.9 Å². The van der Waals surface area contributed by atoms with Crippen LogP contribution in [0.4, 0.5) is 0 Å². The fourth-order valence-corrected chi connectivity index (χ4v) is 5.98. The van der Waals surface area contributed by atoms with E-state index in [1.807, 2.05) is 10.6 Å². The highest BCUT2D eigenvalue weighted by Crippen LogP contribution is 2.11. The third-order valence-electron chi connectivity index (χ3n) is 9.86. The van der Waals surface area contributed by atoms with Gasteiger partial charge in [-0.3, -0.25) is 57.5 Å². The zero-order valence-corrected chi connectivity index (χ0v) is 37.7. The number of carbonyl (C=O) groups is 13. The number of aliphatic hydroxyl groups excluding tert-OH is 2. The molecule has 0 bridgehead atoms. The van der Waals surface area contributed by atoms with Crippen molar-refractivity contribution in [3.05, 3.63) is 35.9 Å². The first kappa shape index (κ1) is 59.2. The molecule has 382 valence electrons. The second-order valence-corrected chi connectivity index (χ2v) is 15.6.